The number of rotatable bonds is 6. The molecule has 5 aromatic rings. The summed E-state index contributed by atoms with van der Waals surface area (Å²) >= 11 is 0. The van der Waals surface area contributed by atoms with Gasteiger partial charge in [-0.25, -0.2) is 4.98 Å². The van der Waals surface area contributed by atoms with E-state index >= 15 is 0 Å². The molecule has 0 aliphatic carbocycles. The Kier molecular flexibility index (Phi) is 6.96. The molecule has 202 valence electrons. The van der Waals surface area contributed by atoms with Gasteiger partial charge < -0.3 is 5.11 Å². The van der Waals surface area contributed by atoms with Crippen molar-refractivity contribution in [2.45, 2.75) is 39.4 Å². The minimum Gasteiger partial charge on any atom is -0.493 e. The Hall–Kier alpha value is -4.63. The van der Waals surface area contributed by atoms with Crippen molar-refractivity contribution in [3.8, 4) is 17.0 Å². The van der Waals surface area contributed by atoms with Gasteiger partial charge in [0.25, 0.3) is 11.5 Å². The maximum absolute atomic E-state index is 13.5. The number of fused-ring (bicyclic) bond motifs is 2. The van der Waals surface area contributed by atoms with Crippen LogP contribution in [0.2, 0.25) is 0 Å². The highest BCUT2D eigenvalue weighted by molar-refractivity contribution is 5.96. The first-order valence-electron chi connectivity index (χ1n) is 13.5. The Balaban J connectivity index is 1.35. The van der Waals surface area contributed by atoms with Gasteiger partial charge in [0.15, 0.2) is 5.69 Å². The number of benzene rings is 2. The predicted molar refractivity (Wildman–Crippen MR) is 155 cm³/mol. The van der Waals surface area contributed by atoms with Crippen molar-refractivity contribution < 1.29 is 9.90 Å². The van der Waals surface area contributed by atoms with E-state index in [4.69, 9.17) is 0 Å². The van der Waals surface area contributed by atoms with Crippen molar-refractivity contribution >= 4 is 33.5 Å². The Labute approximate surface area is 231 Å². The van der Waals surface area contributed by atoms with Gasteiger partial charge in [0.2, 0.25) is 5.88 Å². The Morgan fingerprint density at radius 3 is 2.58 bits per heavy atom. The molecule has 9 nitrogen and oxygen atoms in total. The van der Waals surface area contributed by atoms with E-state index in [1.165, 1.54) is 11.0 Å². The largest absolute Gasteiger partial charge is 0.493 e. The van der Waals surface area contributed by atoms with E-state index in [9.17, 15) is 14.7 Å². The number of hydrogen-bond donors (Lipinski definition) is 1. The SMILES string of the molecule is Cc1ccc2c(c1)c(N=NC(=O)Cn1c(=O)c(-c3ccccc3)cc3cccnc31)c(O)n2CN1CCCCC1. The fourth-order valence-corrected chi connectivity index (χ4v) is 5.43. The summed E-state index contributed by atoms with van der Waals surface area (Å²) in [6.07, 6.45) is 5.07. The maximum atomic E-state index is 13.5. The lowest BCUT2D eigenvalue weighted by Gasteiger charge is -2.27. The number of nitrogens with zero attached hydrogens (tertiary/aromatic N) is 6. The van der Waals surface area contributed by atoms with Gasteiger partial charge in [0.05, 0.1) is 12.2 Å². The van der Waals surface area contributed by atoms with E-state index in [1.54, 1.807) is 18.3 Å². The quantitative estimate of drug-likeness (QED) is 0.278. The predicted octanol–water partition coefficient (Wildman–Crippen LogP) is 5.79. The summed E-state index contributed by atoms with van der Waals surface area (Å²) in [4.78, 5) is 33.3. The maximum Gasteiger partial charge on any atom is 0.284 e. The van der Waals surface area contributed by atoms with E-state index in [0.717, 1.165) is 53.3 Å². The fourth-order valence-electron chi connectivity index (χ4n) is 5.43. The minimum absolute atomic E-state index is 0.0296. The zero-order chi connectivity index (χ0) is 27.6. The van der Waals surface area contributed by atoms with Gasteiger partial charge in [-0.15, -0.1) is 10.2 Å². The Morgan fingerprint density at radius 2 is 1.77 bits per heavy atom. The smallest absolute Gasteiger partial charge is 0.284 e. The van der Waals surface area contributed by atoms with Gasteiger partial charge in [0, 0.05) is 22.5 Å². The molecule has 0 radical (unpaired) electrons. The topological polar surface area (TPSA) is 105 Å². The second-order valence-electron chi connectivity index (χ2n) is 10.3. The van der Waals surface area contributed by atoms with Gasteiger partial charge in [-0.05, 0) is 68.8 Å². The summed E-state index contributed by atoms with van der Waals surface area (Å²) in [6.45, 7) is 4.11. The third-order valence-electron chi connectivity index (χ3n) is 7.44. The molecule has 0 atom stereocenters. The normalized spacial score (nSPS) is 14.4. The van der Waals surface area contributed by atoms with Crippen LogP contribution in [0.3, 0.4) is 0 Å². The summed E-state index contributed by atoms with van der Waals surface area (Å²) in [5, 5.41) is 20.8. The van der Waals surface area contributed by atoms with E-state index in [2.05, 4.69) is 20.1 Å². The standard InChI is InChI=1S/C31H30N6O3/c1-21-12-13-26-25(17-21)28(31(40)37(26)20-35-15-6-3-7-16-35)34-33-27(38)19-36-29-23(11-8-14-32-29)18-24(30(36)39)22-9-4-2-5-10-22/h2,4-5,8-14,17-18,40H,3,6-7,15-16,19-20H2,1H3. The van der Waals surface area contributed by atoms with Crippen LogP contribution in [0.1, 0.15) is 24.8 Å². The van der Waals surface area contributed by atoms with Crippen molar-refractivity contribution in [3.63, 3.8) is 0 Å². The number of carbonyl (C=O) groups is 1. The van der Waals surface area contributed by atoms with Crippen LogP contribution in [-0.4, -0.2) is 43.1 Å². The molecule has 1 fully saturated rings. The first-order chi connectivity index (χ1) is 19.5. The summed E-state index contributed by atoms with van der Waals surface area (Å²) in [6, 6.07) is 20.6. The summed E-state index contributed by atoms with van der Waals surface area (Å²) < 4.78 is 3.16. The molecule has 3 aromatic heterocycles. The molecule has 1 aliphatic heterocycles. The first kappa shape index (κ1) is 25.6. The highest BCUT2D eigenvalue weighted by Crippen LogP contribution is 2.39. The molecule has 1 aliphatic rings. The van der Waals surface area contributed by atoms with Crippen LogP contribution < -0.4 is 5.56 Å². The molecule has 40 heavy (non-hydrogen) atoms. The summed E-state index contributed by atoms with van der Waals surface area (Å²) in [5.74, 6) is -0.652. The monoisotopic (exact) mass is 534 g/mol. The van der Waals surface area contributed by atoms with Crippen LogP contribution in [0.25, 0.3) is 33.1 Å². The van der Waals surface area contributed by atoms with E-state index in [0.29, 0.717) is 17.9 Å². The highest BCUT2D eigenvalue weighted by Gasteiger charge is 2.21. The number of pyridine rings is 2. The number of aryl methyl sites for hydroxylation is 1. The molecular weight excluding hydrogens is 504 g/mol. The van der Waals surface area contributed by atoms with Crippen LogP contribution >= 0.6 is 0 Å². The third kappa shape index (κ3) is 4.91. The van der Waals surface area contributed by atoms with Crippen LogP contribution in [0.15, 0.2) is 87.9 Å². The molecule has 0 saturated carbocycles. The number of aromatic hydroxyl groups is 1. The van der Waals surface area contributed by atoms with E-state index in [1.807, 2.05) is 66.1 Å². The minimum atomic E-state index is -0.622. The van der Waals surface area contributed by atoms with Crippen LogP contribution in [0.4, 0.5) is 5.69 Å². The molecule has 4 heterocycles. The lowest BCUT2D eigenvalue weighted by Crippen LogP contribution is -2.31. The molecule has 0 spiro atoms. The van der Waals surface area contributed by atoms with Crippen molar-refractivity contribution in [1.29, 1.82) is 0 Å². The Bertz CT molecular complexity index is 1800. The highest BCUT2D eigenvalue weighted by atomic mass is 16.3. The average Bonchev–Trinajstić information content (AvgIpc) is 3.23. The number of amides is 1. The Morgan fingerprint density at radius 1 is 0.975 bits per heavy atom. The average molecular weight is 535 g/mol. The van der Waals surface area contributed by atoms with E-state index in [-0.39, 0.29) is 23.7 Å². The lowest BCUT2D eigenvalue weighted by molar-refractivity contribution is -0.118. The molecule has 2 aromatic carbocycles. The molecular formula is C31H30N6O3. The number of aromatic nitrogens is 3. The second-order valence-corrected chi connectivity index (χ2v) is 10.3. The number of likely N-dealkylation sites (tertiary alicyclic amines) is 1. The van der Waals surface area contributed by atoms with Gasteiger partial charge in [-0.3, -0.25) is 23.6 Å². The molecule has 1 amide bonds. The van der Waals surface area contributed by atoms with Crippen molar-refractivity contribution in [3.05, 3.63) is 88.8 Å². The first-order valence-corrected chi connectivity index (χ1v) is 13.5. The van der Waals surface area contributed by atoms with Crippen LogP contribution in [0.5, 0.6) is 5.88 Å². The zero-order valence-electron chi connectivity index (χ0n) is 22.3. The molecule has 6 rings (SSSR count). The molecule has 0 bridgehead atoms. The summed E-state index contributed by atoms with van der Waals surface area (Å²) in [7, 11) is 0. The fraction of sp³-hybridized carbons (Fsp3) is 0.258. The van der Waals surface area contributed by atoms with Crippen molar-refractivity contribution in [2.24, 2.45) is 10.2 Å². The second kappa shape index (κ2) is 10.9. The summed E-state index contributed by atoms with van der Waals surface area (Å²) in [5.41, 5.74) is 3.37. The molecule has 9 heteroatoms. The van der Waals surface area contributed by atoms with Gasteiger partial charge >= 0.3 is 0 Å². The lowest BCUT2D eigenvalue weighted by atomic mass is 10.1. The van der Waals surface area contributed by atoms with Crippen molar-refractivity contribution in [1.82, 2.24) is 19.0 Å². The van der Waals surface area contributed by atoms with Crippen LogP contribution in [0, 0.1) is 6.92 Å². The number of piperidine rings is 1. The van der Waals surface area contributed by atoms with Gasteiger partial charge in [-0.1, -0.05) is 48.4 Å². The molecule has 1 N–H and O–H groups in total. The van der Waals surface area contributed by atoms with Crippen LogP contribution in [-0.2, 0) is 18.0 Å². The third-order valence-corrected chi connectivity index (χ3v) is 7.44. The number of hydrogen-bond acceptors (Lipinski definition) is 6. The molecule has 1 saturated heterocycles. The zero-order valence-corrected chi connectivity index (χ0v) is 22.3. The van der Waals surface area contributed by atoms with Gasteiger partial charge in [0.1, 0.15) is 12.2 Å². The van der Waals surface area contributed by atoms with Crippen molar-refractivity contribution in [2.75, 3.05) is 13.1 Å². The number of azo groups is 1. The van der Waals surface area contributed by atoms with Gasteiger partial charge in [-0.2, -0.15) is 0 Å². The van der Waals surface area contributed by atoms with E-state index < -0.39 is 5.91 Å². The number of carbonyl (C=O) groups excluding carboxylic acids is 1. The molecule has 0 unspecified atom stereocenters.